The van der Waals surface area contributed by atoms with Crippen molar-refractivity contribution in [3.8, 4) is 0 Å². The highest BCUT2D eigenvalue weighted by molar-refractivity contribution is 8.15. The van der Waals surface area contributed by atoms with Gasteiger partial charge in [-0.15, -0.1) is 0 Å². The fourth-order valence-electron chi connectivity index (χ4n) is 0.942. The summed E-state index contributed by atoms with van der Waals surface area (Å²) in [5.74, 6) is 8.72. The van der Waals surface area contributed by atoms with Gasteiger partial charge in [-0.25, -0.2) is 0 Å². The molecule has 1 aliphatic heterocycles. The maximum atomic E-state index is 4.00. The molecule has 1 aliphatic rings. The zero-order chi connectivity index (χ0) is 6.15. The number of hydrogen-bond donors (Lipinski definition) is 0. The zero-order valence-electron chi connectivity index (χ0n) is 5.68. The minimum absolute atomic E-state index is 0.557. The number of hydrogen-bond acceptors (Lipinski definition) is 0. The highest BCUT2D eigenvalue weighted by Gasteiger charge is 2.22. The third kappa shape index (κ3) is 1.13. The molecule has 48 valence electrons. The van der Waals surface area contributed by atoms with Crippen molar-refractivity contribution in [2.24, 2.45) is 11.8 Å². The molecule has 0 radical (unpaired) electrons. The highest BCUT2D eigenvalue weighted by atomic mass is 32.2. The van der Waals surface area contributed by atoms with Crippen LogP contribution in [0.4, 0.5) is 0 Å². The van der Waals surface area contributed by atoms with Gasteiger partial charge in [-0.1, -0.05) is 19.7 Å². The molecule has 0 nitrogen and oxygen atoms in total. The lowest BCUT2D eigenvalue weighted by Gasteiger charge is -2.32. The molecule has 0 aliphatic carbocycles. The largest absolute Gasteiger partial charge is 0.192 e. The molecule has 0 unspecified atom stereocenters. The summed E-state index contributed by atoms with van der Waals surface area (Å²) in [5, 5.41) is 0. The van der Waals surface area contributed by atoms with Gasteiger partial charge in [0.25, 0.3) is 0 Å². The lowest BCUT2D eigenvalue weighted by Crippen LogP contribution is -2.25. The van der Waals surface area contributed by atoms with Crippen LogP contribution in [0.1, 0.15) is 13.8 Å². The Bertz CT molecular complexity index is 97.0. The van der Waals surface area contributed by atoms with Crippen molar-refractivity contribution in [3.05, 3.63) is 0 Å². The average Bonchev–Trinajstić information content (AvgIpc) is 1.57. The van der Waals surface area contributed by atoms with Gasteiger partial charge in [0.1, 0.15) is 0 Å². The fraction of sp³-hybridized carbons (Fsp3) is 0.857. The third-order valence-electron chi connectivity index (χ3n) is 1.84. The molecule has 8 heavy (non-hydrogen) atoms. The Labute approximate surface area is 54.2 Å². The van der Waals surface area contributed by atoms with E-state index < -0.39 is 0 Å². The Morgan fingerprint density at radius 2 is 2.00 bits per heavy atom. The summed E-state index contributed by atoms with van der Waals surface area (Å²) in [7, 11) is 0.557. The Morgan fingerprint density at radius 3 is 2.12 bits per heavy atom. The van der Waals surface area contributed by atoms with Gasteiger partial charge in [0.05, 0.1) is 0 Å². The number of rotatable bonds is 1. The van der Waals surface area contributed by atoms with Crippen molar-refractivity contribution >= 4 is 16.4 Å². The first kappa shape index (κ1) is 6.34. The summed E-state index contributed by atoms with van der Waals surface area (Å²) in [5.41, 5.74) is 0. The molecule has 1 fully saturated rings. The van der Waals surface area contributed by atoms with Crippen LogP contribution in [-0.4, -0.2) is 17.4 Å². The SMILES string of the molecule is C=S1CC(C(C)C)C1. The van der Waals surface area contributed by atoms with Gasteiger partial charge in [0, 0.05) is 0 Å². The smallest absolute Gasteiger partial charge is 0.00840 e. The maximum absolute atomic E-state index is 4.00. The minimum atomic E-state index is 0.557. The zero-order valence-corrected chi connectivity index (χ0v) is 6.50. The summed E-state index contributed by atoms with van der Waals surface area (Å²) in [4.78, 5) is 0. The highest BCUT2D eigenvalue weighted by Crippen LogP contribution is 2.35. The topological polar surface area (TPSA) is 0 Å². The summed E-state index contributed by atoms with van der Waals surface area (Å²) >= 11 is 0. The summed E-state index contributed by atoms with van der Waals surface area (Å²) < 4.78 is 0. The molecule has 0 saturated carbocycles. The molecule has 1 heterocycles. The first-order valence-electron chi connectivity index (χ1n) is 3.17. The molecule has 1 saturated heterocycles. The molecular weight excluding hydrogens is 116 g/mol. The van der Waals surface area contributed by atoms with E-state index in [0.29, 0.717) is 10.5 Å². The molecule has 0 N–H and O–H groups in total. The summed E-state index contributed by atoms with van der Waals surface area (Å²) in [6, 6.07) is 0. The second-order valence-electron chi connectivity index (χ2n) is 2.95. The predicted octanol–water partition coefficient (Wildman–Crippen LogP) is 1.97. The first-order valence-corrected chi connectivity index (χ1v) is 4.90. The molecule has 0 aromatic carbocycles. The average molecular weight is 130 g/mol. The van der Waals surface area contributed by atoms with Gasteiger partial charge in [-0.05, 0) is 23.3 Å². The van der Waals surface area contributed by atoms with Crippen LogP contribution < -0.4 is 0 Å². The van der Waals surface area contributed by atoms with Gasteiger partial charge < -0.3 is 0 Å². The van der Waals surface area contributed by atoms with E-state index in [4.69, 9.17) is 0 Å². The molecular formula is C7H14S. The third-order valence-corrected chi connectivity index (χ3v) is 3.64. The molecule has 1 rings (SSSR count). The van der Waals surface area contributed by atoms with E-state index in [0.717, 1.165) is 11.8 Å². The lowest BCUT2D eigenvalue weighted by atomic mass is 10.00. The fourth-order valence-corrected chi connectivity index (χ4v) is 2.82. The second kappa shape index (κ2) is 2.22. The van der Waals surface area contributed by atoms with E-state index >= 15 is 0 Å². The minimum Gasteiger partial charge on any atom is -0.192 e. The van der Waals surface area contributed by atoms with E-state index in [9.17, 15) is 0 Å². The molecule has 0 aromatic heterocycles. The van der Waals surface area contributed by atoms with E-state index in [1.807, 2.05) is 0 Å². The molecule has 1 heteroatoms. The molecule has 0 bridgehead atoms. The Kier molecular flexibility index (Phi) is 1.76. The Hall–Kier alpha value is 0.220. The lowest BCUT2D eigenvalue weighted by molar-refractivity contribution is 0.451. The van der Waals surface area contributed by atoms with Crippen LogP contribution in [0.15, 0.2) is 0 Å². The van der Waals surface area contributed by atoms with Gasteiger partial charge >= 0.3 is 0 Å². The normalized spacial score (nSPS) is 37.4. The van der Waals surface area contributed by atoms with Crippen molar-refractivity contribution in [3.63, 3.8) is 0 Å². The van der Waals surface area contributed by atoms with Crippen molar-refractivity contribution in [1.82, 2.24) is 0 Å². The van der Waals surface area contributed by atoms with Crippen molar-refractivity contribution in [2.45, 2.75) is 13.8 Å². The van der Waals surface area contributed by atoms with Crippen LogP contribution in [0, 0.1) is 11.8 Å². The molecule has 0 atom stereocenters. The van der Waals surface area contributed by atoms with E-state index in [-0.39, 0.29) is 0 Å². The Balaban J connectivity index is 2.25. The van der Waals surface area contributed by atoms with E-state index in [1.165, 1.54) is 11.5 Å². The molecule has 0 amide bonds. The van der Waals surface area contributed by atoms with Crippen LogP contribution in [0.2, 0.25) is 0 Å². The molecule has 0 aromatic rings. The molecule has 0 spiro atoms. The first-order chi connectivity index (χ1) is 3.70. The second-order valence-corrected chi connectivity index (χ2v) is 4.84. The van der Waals surface area contributed by atoms with Gasteiger partial charge in [-0.3, -0.25) is 0 Å². The van der Waals surface area contributed by atoms with Gasteiger partial charge in [0.2, 0.25) is 0 Å². The van der Waals surface area contributed by atoms with Crippen LogP contribution in [0.5, 0.6) is 0 Å². The van der Waals surface area contributed by atoms with E-state index in [2.05, 4.69) is 19.7 Å². The summed E-state index contributed by atoms with van der Waals surface area (Å²) in [6.07, 6.45) is 0. The van der Waals surface area contributed by atoms with Crippen LogP contribution in [0.3, 0.4) is 0 Å². The van der Waals surface area contributed by atoms with Crippen molar-refractivity contribution in [1.29, 1.82) is 0 Å². The summed E-state index contributed by atoms with van der Waals surface area (Å²) in [6.45, 7) is 4.61. The Morgan fingerprint density at radius 1 is 1.50 bits per heavy atom. The van der Waals surface area contributed by atoms with Crippen LogP contribution >= 0.6 is 10.5 Å². The predicted molar refractivity (Wildman–Crippen MR) is 42.8 cm³/mol. The van der Waals surface area contributed by atoms with Crippen molar-refractivity contribution in [2.75, 3.05) is 11.5 Å². The van der Waals surface area contributed by atoms with Gasteiger partial charge in [-0.2, -0.15) is 10.5 Å². The van der Waals surface area contributed by atoms with Gasteiger partial charge in [0.15, 0.2) is 0 Å². The standard InChI is InChI=1S/C7H14S/c1-6(2)7-4-8(3)5-7/h6-7H,3-5H2,1-2H3. The quantitative estimate of drug-likeness (QED) is 0.476. The van der Waals surface area contributed by atoms with Crippen molar-refractivity contribution < 1.29 is 0 Å². The maximum Gasteiger partial charge on any atom is -0.00840 e. The monoisotopic (exact) mass is 130 g/mol. The van der Waals surface area contributed by atoms with Crippen LogP contribution in [0.25, 0.3) is 0 Å². The van der Waals surface area contributed by atoms with Crippen LogP contribution in [-0.2, 0) is 0 Å². The van der Waals surface area contributed by atoms with E-state index in [1.54, 1.807) is 0 Å².